The minimum absolute atomic E-state index is 0.00554. The normalized spacial score (nSPS) is 11.3. The van der Waals surface area contributed by atoms with Gasteiger partial charge in [0.05, 0.1) is 14.2 Å². The van der Waals surface area contributed by atoms with Gasteiger partial charge in [-0.15, -0.1) is 0 Å². The summed E-state index contributed by atoms with van der Waals surface area (Å²) in [5, 5.41) is 12.8. The lowest BCUT2D eigenvalue weighted by Crippen LogP contribution is -2.36. The van der Waals surface area contributed by atoms with Crippen molar-refractivity contribution in [2.75, 3.05) is 20.8 Å². The van der Waals surface area contributed by atoms with Gasteiger partial charge in [-0.25, -0.2) is 0 Å². The number of benzene rings is 4. The minimum atomic E-state index is -0.903. The lowest BCUT2D eigenvalue weighted by molar-refractivity contribution is -0.139. The Bertz CT molecular complexity index is 1480. The topological polar surface area (TPSA) is 132 Å². The fourth-order valence-electron chi connectivity index (χ4n) is 4.88. The molecule has 222 valence electrons. The van der Waals surface area contributed by atoms with Crippen LogP contribution in [-0.2, 0) is 11.3 Å². The van der Waals surface area contributed by atoms with Crippen molar-refractivity contribution in [3.63, 3.8) is 0 Å². The third-order valence-electron chi connectivity index (χ3n) is 7.11. The van der Waals surface area contributed by atoms with Gasteiger partial charge in [0, 0.05) is 13.1 Å². The van der Waals surface area contributed by atoms with Crippen LogP contribution in [0.1, 0.15) is 40.7 Å². The highest BCUT2D eigenvalue weighted by Gasteiger charge is 2.18. The molecule has 4 aromatic rings. The summed E-state index contributed by atoms with van der Waals surface area (Å²) in [5.74, 6) is 0.670. The number of guanidine groups is 1. The lowest BCUT2D eigenvalue weighted by atomic mass is 9.85. The Hall–Kier alpha value is -5.08. The van der Waals surface area contributed by atoms with Crippen LogP contribution in [0.3, 0.4) is 0 Å². The molecule has 4 aromatic carbocycles. The number of aliphatic imine (C=N–C) groups is 1. The lowest BCUT2D eigenvalue weighted by Gasteiger charge is -2.19. The van der Waals surface area contributed by atoms with Crippen molar-refractivity contribution in [3.05, 3.63) is 131 Å². The quantitative estimate of drug-likeness (QED) is 0.0690. The Morgan fingerprint density at radius 1 is 0.744 bits per heavy atom. The Kier molecular flexibility index (Phi) is 10.9. The first-order valence-electron chi connectivity index (χ1n) is 14.1. The molecular formula is C35H38N4O4. The molecule has 0 fully saturated rings. The van der Waals surface area contributed by atoms with Crippen LogP contribution in [-0.4, -0.2) is 43.8 Å². The summed E-state index contributed by atoms with van der Waals surface area (Å²) in [6.07, 6.45) is 0.976. The maximum Gasteiger partial charge on any atom is 0.320 e. The molecule has 8 heteroatoms. The van der Waals surface area contributed by atoms with E-state index in [0.717, 1.165) is 50.5 Å². The van der Waals surface area contributed by atoms with E-state index in [9.17, 15) is 9.90 Å². The van der Waals surface area contributed by atoms with Gasteiger partial charge in [0.1, 0.15) is 17.5 Å². The van der Waals surface area contributed by atoms with E-state index in [4.69, 9.17) is 20.9 Å². The van der Waals surface area contributed by atoms with Crippen LogP contribution in [0.5, 0.6) is 11.5 Å². The molecule has 0 unspecified atom stereocenters. The first kappa shape index (κ1) is 30.9. The highest BCUT2D eigenvalue weighted by atomic mass is 16.5. The van der Waals surface area contributed by atoms with Crippen molar-refractivity contribution in [1.82, 2.24) is 5.32 Å². The first-order chi connectivity index (χ1) is 20.9. The molecule has 0 saturated carbocycles. The number of ether oxygens (including phenoxy) is 2. The molecule has 43 heavy (non-hydrogen) atoms. The van der Waals surface area contributed by atoms with Crippen molar-refractivity contribution in [2.45, 2.75) is 25.4 Å². The Morgan fingerprint density at radius 2 is 1.21 bits per heavy atom. The second kappa shape index (κ2) is 15.2. The van der Waals surface area contributed by atoms with E-state index < -0.39 is 12.0 Å². The number of carboxylic acid groups (broad SMARTS) is 1. The van der Waals surface area contributed by atoms with Crippen molar-refractivity contribution in [3.8, 4) is 11.5 Å². The smallest absolute Gasteiger partial charge is 0.320 e. The van der Waals surface area contributed by atoms with Crippen LogP contribution in [0.2, 0.25) is 0 Å². The van der Waals surface area contributed by atoms with Crippen LogP contribution in [0, 0.1) is 0 Å². The highest BCUT2D eigenvalue weighted by Crippen LogP contribution is 2.38. The van der Waals surface area contributed by atoms with E-state index in [1.165, 1.54) is 0 Å². The van der Waals surface area contributed by atoms with Crippen LogP contribution < -0.4 is 26.3 Å². The summed E-state index contributed by atoms with van der Waals surface area (Å²) < 4.78 is 10.9. The van der Waals surface area contributed by atoms with E-state index in [1.807, 2.05) is 54.6 Å². The summed E-state index contributed by atoms with van der Waals surface area (Å²) in [6.45, 7) is 0.801. The molecule has 0 aliphatic rings. The van der Waals surface area contributed by atoms with E-state index in [2.05, 4.69) is 58.8 Å². The summed E-state index contributed by atoms with van der Waals surface area (Å²) >= 11 is 0. The number of hydrogen-bond donors (Lipinski definition) is 4. The zero-order valence-electron chi connectivity index (χ0n) is 24.5. The van der Waals surface area contributed by atoms with Crippen molar-refractivity contribution in [2.24, 2.45) is 16.5 Å². The van der Waals surface area contributed by atoms with Gasteiger partial charge in [-0.1, -0.05) is 78.9 Å². The number of carbonyl (C=O) groups is 1. The molecule has 0 amide bonds. The largest absolute Gasteiger partial charge is 0.497 e. The second-order valence-electron chi connectivity index (χ2n) is 9.99. The Morgan fingerprint density at radius 3 is 1.65 bits per heavy atom. The third-order valence-corrected chi connectivity index (χ3v) is 7.11. The first-order valence-corrected chi connectivity index (χ1v) is 14.1. The molecule has 6 N–H and O–H groups in total. The number of nitrogens with zero attached hydrogens (tertiary/aromatic N) is 1. The van der Waals surface area contributed by atoms with Gasteiger partial charge in [0.15, 0.2) is 5.96 Å². The van der Waals surface area contributed by atoms with Crippen LogP contribution >= 0.6 is 0 Å². The number of methoxy groups -OCH3 is 2. The van der Waals surface area contributed by atoms with Gasteiger partial charge in [0.2, 0.25) is 0 Å². The average Bonchev–Trinajstić information content (AvgIpc) is 3.04. The van der Waals surface area contributed by atoms with Crippen molar-refractivity contribution in [1.29, 1.82) is 0 Å². The van der Waals surface area contributed by atoms with E-state index >= 15 is 0 Å². The molecule has 0 bridgehead atoms. The van der Waals surface area contributed by atoms with E-state index in [-0.39, 0.29) is 5.96 Å². The molecule has 8 nitrogen and oxygen atoms in total. The van der Waals surface area contributed by atoms with Gasteiger partial charge < -0.3 is 31.4 Å². The standard InChI is InChI=1S/C35H38N4O4/c1-42-29-18-14-27(15-19-29)33(28-16-20-30(43-2)21-17-28)32(25-7-4-3-5-8-25)26-12-10-24(11-13-26)23-39-31(34(40)41)9-6-22-38-35(36)37/h3-5,7-8,10-21,31,39H,6,9,22-23H2,1-2H3,(H,40,41)(H4,36,37,38)/t31-/m1/s1. The summed E-state index contributed by atoms with van der Waals surface area (Å²) in [5.41, 5.74) is 18.0. The van der Waals surface area contributed by atoms with Crippen LogP contribution in [0.25, 0.3) is 11.1 Å². The predicted molar refractivity (Wildman–Crippen MR) is 172 cm³/mol. The van der Waals surface area contributed by atoms with E-state index in [0.29, 0.717) is 25.9 Å². The molecule has 4 rings (SSSR count). The molecular weight excluding hydrogens is 540 g/mol. The molecule has 0 aliphatic heterocycles. The monoisotopic (exact) mass is 578 g/mol. The molecule has 0 aromatic heterocycles. The summed E-state index contributed by atoms with van der Waals surface area (Å²) in [7, 11) is 3.32. The minimum Gasteiger partial charge on any atom is -0.497 e. The number of rotatable bonds is 14. The van der Waals surface area contributed by atoms with Gasteiger partial charge in [-0.3, -0.25) is 9.79 Å². The van der Waals surface area contributed by atoms with Crippen molar-refractivity contribution >= 4 is 23.1 Å². The highest BCUT2D eigenvalue weighted by molar-refractivity contribution is 6.04. The molecule has 0 aliphatic carbocycles. The van der Waals surface area contributed by atoms with Gasteiger partial charge >= 0.3 is 5.97 Å². The SMILES string of the molecule is COc1ccc(C(=C(c2ccccc2)c2ccc(CN[C@H](CCCN=C(N)N)C(=O)O)cc2)c2ccc(OC)cc2)cc1. The van der Waals surface area contributed by atoms with E-state index in [1.54, 1.807) is 14.2 Å². The number of hydrogen-bond acceptors (Lipinski definition) is 5. The summed E-state index contributed by atoms with van der Waals surface area (Å²) in [4.78, 5) is 15.7. The molecule has 0 spiro atoms. The average molecular weight is 579 g/mol. The number of carboxylic acids is 1. The molecule has 0 radical (unpaired) electrons. The summed E-state index contributed by atoms with van der Waals surface area (Å²) in [6, 6.07) is 34.0. The van der Waals surface area contributed by atoms with Crippen LogP contribution in [0.4, 0.5) is 0 Å². The fraction of sp³-hybridized carbons (Fsp3) is 0.200. The molecule has 0 saturated heterocycles. The Labute approximate surface area is 252 Å². The zero-order valence-corrected chi connectivity index (χ0v) is 24.5. The second-order valence-corrected chi connectivity index (χ2v) is 9.99. The van der Waals surface area contributed by atoms with Gasteiger partial charge in [0.25, 0.3) is 0 Å². The number of nitrogens with one attached hydrogen (secondary N) is 1. The zero-order chi connectivity index (χ0) is 30.6. The third kappa shape index (κ3) is 8.47. The van der Waals surface area contributed by atoms with Crippen molar-refractivity contribution < 1.29 is 19.4 Å². The van der Waals surface area contributed by atoms with Gasteiger partial charge in [-0.05, 0) is 76.1 Å². The number of nitrogens with two attached hydrogens (primary N) is 2. The fourth-order valence-corrected chi connectivity index (χ4v) is 4.88. The molecule has 0 heterocycles. The maximum atomic E-state index is 11.8. The predicted octanol–water partition coefficient (Wildman–Crippen LogP) is 5.31. The van der Waals surface area contributed by atoms with Crippen LogP contribution in [0.15, 0.2) is 108 Å². The molecule has 1 atom stereocenters. The Balaban J connectivity index is 1.71. The maximum absolute atomic E-state index is 11.8. The number of aliphatic carboxylic acids is 1. The van der Waals surface area contributed by atoms with Gasteiger partial charge in [-0.2, -0.15) is 0 Å².